The molecule has 0 aromatic rings. The molecule has 0 saturated heterocycles. The molecule has 0 aliphatic heterocycles. The van der Waals surface area contributed by atoms with Crippen LogP contribution in [0, 0.1) is 5.41 Å². The van der Waals surface area contributed by atoms with Crippen molar-refractivity contribution in [1.29, 1.82) is 0 Å². The van der Waals surface area contributed by atoms with Crippen molar-refractivity contribution in [2.75, 3.05) is 119 Å². The molecule has 0 aromatic heterocycles. The van der Waals surface area contributed by atoms with Gasteiger partial charge < -0.3 is 94.7 Å². The van der Waals surface area contributed by atoms with E-state index < -0.39 is 87.1 Å². The molecular formula is C75H140O22. The van der Waals surface area contributed by atoms with E-state index in [0.717, 1.165) is 12.2 Å². The van der Waals surface area contributed by atoms with Crippen LogP contribution in [-0.2, 0) is 104 Å². The number of hydrogen-bond donors (Lipinski definition) is 0. The average Bonchev–Trinajstić information content (AvgIpc) is 0.626. The molecule has 0 heterocycles. The van der Waals surface area contributed by atoms with Crippen molar-refractivity contribution in [2.45, 2.75) is 324 Å². The predicted molar refractivity (Wildman–Crippen MR) is 374 cm³/mol. The van der Waals surface area contributed by atoms with Crippen molar-refractivity contribution in [3.8, 4) is 0 Å². The van der Waals surface area contributed by atoms with Crippen LogP contribution in [0.4, 0.5) is 0 Å². The number of esters is 2. The lowest BCUT2D eigenvalue weighted by Gasteiger charge is -2.78. The zero-order valence-corrected chi connectivity index (χ0v) is 64.7. The van der Waals surface area contributed by atoms with Crippen LogP contribution < -0.4 is 0 Å². The fraction of sp³-hybridized carbons (Fsp3) is 0.920. The minimum Gasteiger partial charge on any atom is -0.450 e. The van der Waals surface area contributed by atoms with Gasteiger partial charge in [-0.15, -0.1) is 0 Å². The summed E-state index contributed by atoms with van der Waals surface area (Å²) in [5, 5.41) is 0. The molecule has 2 rings (SSSR count). The molecule has 0 amide bonds. The van der Waals surface area contributed by atoms with E-state index >= 15 is 9.59 Å². The standard InChI is InChI=1S/C75H140O22/c1-23-43-78-66(63(96-61(76)41-19)68(80-45-25-3,81-46-26-4)72(88-53-33-11,89-54-34-12)74(92-57-37-15,93-58-38-16)70(66,84-49-29-7)85-50-30-8)65(21,22)67(79-44-24-2)64(97-62(77)42-20)69(82-47-27-5,83-48-28-6)73(90-55-35-13,91-56-36-14)75(94-59-39-17,95-60-40-18)71(67,86-51-31-9)87-52-32-10/h41-42,63-64H,19-20,23-40,43-60H2,1-18,21-22H3. The molecule has 0 spiro atoms. The first-order chi connectivity index (χ1) is 46.8. The highest BCUT2D eigenvalue weighted by Crippen LogP contribution is 2.75. The highest BCUT2D eigenvalue weighted by atomic mass is 16.9. The maximum atomic E-state index is 15.8. The van der Waals surface area contributed by atoms with Crippen LogP contribution in [0.1, 0.15) is 254 Å². The van der Waals surface area contributed by atoms with Crippen molar-refractivity contribution >= 4 is 11.9 Å². The van der Waals surface area contributed by atoms with Crippen molar-refractivity contribution in [1.82, 2.24) is 0 Å². The zero-order valence-electron chi connectivity index (χ0n) is 64.7. The molecule has 2 saturated carbocycles. The van der Waals surface area contributed by atoms with Gasteiger partial charge in [0.05, 0.1) is 106 Å². The average molecular weight is 1390 g/mol. The number of rotatable bonds is 60. The van der Waals surface area contributed by atoms with Crippen LogP contribution in [0.5, 0.6) is 0 Å². The van der Waals surface area contributed by atoms with Crippen LogP contribution in [0.25, 0.3) is 0 Å². The fourth-order valence-corrected chi connectivity index (χ4v) is 13.6. The summed E-state index contributed by atoms with van der Waals surface area (Å²) in [4.78, 5) is 31.7. The van der Waals surface area contributed by atoms with Crippen molar-refractivity contribution in [3.05, 3.63) is 25.3 Å². The molecule has 572 valence electrons. The predicted octanol–water partition coefficient (Wildman–Crippen LogP) is 15.0. The molecule has 22 nitrogen and oxygen atoms in total. The second-order valence-electron chi connectivity index (χ2n) is 25.4. The molecule has 4 unspecified atom stereocenters. The lowest BCUT2D eigenvalue weighted by molar-refractivity contribution is -0.632. The first-order valence-corrected chi connectivity index (χ1v) is 37.9. The Morgan fingerprint density at radius 1 is 0.258 bits per heavy atom. The molecule has 0 aromatic carbocycles. The Hall–Kier alpha value is -2.30. The van der Waals surface area contributed by atoms with Crippen LogP contribution in [0.15, 0.2) is 25.3 Å². The second kappa shape index (κ2) is 45.0. The minimum atomic E-state index is -2.78. The van der Waals surface area contributed by atoms with Gasteiger partial charge in [-0.25, -0.2) is 9.59 Å². The van der Waals surface area contributed by atoms with E-state index in [-0.39, 0.29) is 132 Å². The first-order valence-electron chi connectivity index (χ1n) is 37.9. The van der Waals surface area contributed by atoms with Gasteiger partial charge in [0, 0.05) is 30.8 Å². The SMILES string of the molecule is C=CC(=O)OC1C(OCCC)(OCCC)C(OCCC)(OCCC)C(OCCC)(OCCC)C(OCCC)(OCCC)C1(OCCC)C(C)(C)C1(OCCC)C(OC(=O)C=C)C(OCCC)(OCCC)C(OCCC)(OCCC)C(OCCC)(OCCC)C1(OCCC)OCCC. The van der Waals surface area contributed by atoms with Gasteiger partial charge in [0.2, 0.25) is 0 Å². The van der Waals surface area contributed by atoms with E-state index in [9.17, 15) is 0 Å². The van der Waals surface area contributed by atoms with E-state index in [1.54, 1.807) is 0 Å². The molecule has 4 atom stereocenters. The number of hydrogen-bond acceptors (Lipinski definition) is 22. The number of carbonyl (C=O) groups is 2. The lowest BCUT2D eigenvalue weighted by atomic mass is 9.45. The summed E-state index contributed by atoms with van der Waals surface area (Å²) in [5.41, 5.74) is -7.97. The summed E-state index contributed by atoms with van der Waals surface area (Å²) in [5.74, 6) is -23.3. The third-order valence-electron chi connectivity index (χ3n) is 17.0. The van der Waals surface area contributed by atoms with E-state index in [1.807, 2.05) is 138 Å². The van der Waals surface area contributed by atoms with Gasteiger partial charge in [0.15, 0.2) is 23.4 Å². The highest BCUT2D eigenvalue weighted by Gasteiger charge is 3.02. The molecule has 2 aliphatic rings. The van der Waals surface area contributed by atoms with Crippen molar-refractivity contribution < 1.29 is 104 Å². The van der Waals surface area contributed by atoms with Crippen LogP contribution in [-0.4, -0.2) is 201 Å². The Balaban J connectivity index is 4.86. The van der Waals surface area contributed by atoms with Crippen molar-refractivity contribution in [3.63, 3.8) is 0 Å². The topological polar surface area (TPSA) is 219 Å². The molecular weight excluding hydrogens is 1250 g/mol. The zero-order chi connectivity index (χ0) is 72.8. The normalized spacial score (nSPS) is 22.7. The largest absolute Gasteiger partial charge is 0.450 e. The molecule has 22 heteroatoms. The third-order valence-corrected chi connectivity index (χ3v) is 17.0. The molecule has 2 fully saturated rings. The van der Waals surface area contributed by atoms with E-state index in [1.165, 1.54) is 0 Å². The van der Waals surface area contributed by atoms with E-state index in [0.29, 0.717) is 103 Å². The lowest BCUT2D eigenvalue weighted by Crippen LogP contribution is -3.02. The van der Waals surface area contributed by atoms with Gasteiger partial charge in [0.25, 0.3) is 46.3 Å². The molecule has 0 radical (unpaired) electrons. The molecule has 97 heavy (non-hydrogen) atoms. The first kappa shape index (κ1) is 90.8. The van der Waals surface area contributed by atoms with Crippen molar-refractivity contribution in [2.24, 2.45) is 5.41 Å². The maximum absolute atomic E-state index is 15.8. The quantitative estimate of drug-likeness (QED) is 0.0314. The smallest absolute Gasteiger partial charge is 0.330 e. The van der Waals surface area contributed by atoms with Crippen LogP contribution >= 0.6 is 0 Å². The van der Waals surface area contributed by atoms with Gasteiger partial charge in [-0.1, -0.05) is 152 Å². The maximum Gasteiger partial charge on any atom is 0.330 e. The summed E-state index contributed by atoms with van der Waals surface area (Å²) in [6.07, 6.45) is 4.34. The summed E-state index contributed by atoms with van der Waals surface area (Å²) in [6.45, 7) is 45.3. The number of ether oxygens (including phenoxy) is 20. The van der Waals surface area contributed by atoms with E-state index in [2.05, 4.69) is 13.2 Å². The number of carbonyl (C=O) groups excluding carboxylic acids is 2. The van der Waals surface area contributed by atoms with Crippen LogP contribution in [0.2, 0.25) is 0 Å². The summed E-state index contributed by atoms with van der Waals surface area (Å²) in [7, 11) is 0. The van der Waals surface area contributed by atoms with Gasteiger partial charge in [-0.2, -0.15) is 0 Å². The Bertz CT molecular complexity index is 1930. The summed E-state index contributed by atoms with van der Waals surface area (Å²) in [6, 6.07) is 0. The Kier molecular flexibility index (Phi) is 42.2. The Morgan fingerprint density at radius 2 is 0.412 bits per heavy atom. The Morgan fingerprint density at radius 3 is 0.588 bits per heavy atom. The highest BCUT2D eigenvalue weighted by molar-refractivity contribution is 5.82. The van der Waals surface area contributed by atoms with Gasteiger partial charge in [-0.3, -0.25) is 0 Å². The molecule has 0 bridgehead atoms. The fourth-order valence-electron chi connectivity index (χ4n) is 13.6. The Labute approximate surface area is 587 Å². The summed E-state index contributed by atoms with van der Waals surface area (Å²) >= 11 is 0. The summed E-state index contributed by atoms with van der Waals surface area (Å²) < 4.78 is 158. The van der Waals surface area contributed by atoms with Gasteiger partial charge >= 0.3 is 11.9 Å². The van der Waals surface area contributed by atoms with Crippen LogP contribution in [0.3, 0.4) is 0 Å². The van der Waals surface area contributed by atoms with Gasteiger partial charge in [-0.05, 0) is 116 Å². The second-order valence-corrected chi connectivity index (χ2v) is 25.4. The monoisotopic (exact) mass is 1390 g/mol. The molecule has 2 aliphatic carbocycles. The van der Waals surface area contributed by atoms with E-state index in [4.69, 9.17) is 94.7 Å². The third kappa shape index (κ3) is 17.3. The minimum absolute atomic E-state index is 0.0488. The van der Waals surface area contributed by atoms with Gasteiger partial charge in [0.1, 0.15) is 0 Å². The molecule has 0 N–H and O–H groups in total.